The number of carbonyl (C=O) groups is 1. The Labute approximate surface area is 149 Å². The number of para-hydroxylation sites is 1. The second-order valence-corrected chi connectivity index (χ2v) is 7.11. The first-order valence-corrected chi connectivity index (χ1v) is 9.15. The number of sulfonamides is 1. The van der Waals surface area contributed by atoms with Crippen molar-refractivity contribution >= 4 is 21.7 Å². The summed E-state index contributed by atoms with van der Waals surface area (Å²) in [7, 11) is -1.80. The van der Waals surface area contributed by atoms with Crippen LogP contribution in [0.15, 0.2) is 38.8 Å². The van der Waals surface area contributed by atoms with Gasteiger partial charge in [0.1, 0.15) is 0 Å². The molecule has 0 atom stereocenters. The van der Waals surface area contributed by atoms with E-state index in [0.717, 1.165) is 4.57 Å². The molecule has 26 heavy (non-hydrogen) atoms. The number of aromatic nitrogens is 2. The molecular weight excluding hydrogens is 362 g/mol. The average molecular weight is 381 g/mol. The quantitative estimate of drug-likeness (QED) is 0.748. The zero-order chi connectivity index (χ0) is 19.6. The van der Waals surface area contributed by atoms with Crippen molar-refractivity contribution in [1.82, 2.24) is 9.13 Å². The fourth-order valence-electron chi connectivity index (χ4n) is 2.38. The number of hydrogen-bond acceptors (Lipinski definition) is 6. The Balaban J connectivity index is 2.62. The third-order valence-corrected chi connectivity index (χ3v) is 5.34. The number of carbonyl (C=O) groups excluding carboxylic acids is 1. The summed E-state index contributed by atoms with van der Waals surface area (Å²) in [4.78, 5) is 35.7. The van der Waals surface area contributed by atoms with Crippen LogP contribution in [-0.4, -0.2) is 30.1 Å². The molecule has 0 amide bonds. The fourth-order valence-corrected chi connectivity index (χ4v) is 3.84. The molecule has 1 heterocycles. The van der Waals surface area contributed by atoms with Crippen molar-refractivity contribution in [3.63, 3.8) is 0 Å². The number of hydrogen-bond donors (Lipinski definition) is 1. The second-order valence-electron chi connectivity index (χ2n) is 5.49. The zero-order valence-electron chi connectivity index (χ0n) is 14.8. The van der Waals surface area contributed by atoms with Gasteiger partial charge in [-0.3, -0.25) is 18.7 Å². The predicted octanol–water partition coefficient (Wildman–Crippen LogP) is 0.370. The number of ether oxygens (including phenoxy) is 1. The van der Waals surface area contributed by atoms with Crippen LogP contribution in [0.3, 0.4) is 0 Å². The molecule has 0 saturated heterocycles. The standard InChI is InChI=1S/C16H19N3O6S/c1-5-25-15(21)11-8-6-7-9-12(11)17-26(23,24)13-10(2)18(3)16(22)19(4)14(13)20/h6-9,17H,5H2,1-4H3. The van der Waals surface area contributed by atoms with E-state index in [1.165, 1.54) is 39.2 Å². The molecule has 140 valence electrons. The maximum atomic E-state index is 12.8. The van der Waals surface area contributed by atoms with Crippen LogP contribution in [0.4, 0.5) is 5.69 Å². The Morgan fingerprint density at radius 2 is 1.77 bits per heavy atom. The predicted molar refractivity (Wildman–Crippen MR) is 94.9 cm³/mol. The van der Waals surface area contributed by atoms with E-state index in [9.17, 15) is 22.8 Å². The van der Waals surface area contributed by atoms with Gasteiger partial charge in [-0.1, -0.05) is 12.1 Å². The summed E-state index contributed by atoms with van der Waals surface area (Å²) in [5, 5.41) is 0. The lowest BCUT2D eigenvalue weighted by atomic mass is 10.2. The summed E-state index contributed by atoms with van der Waals surface area (Å²) >= 11 is 0. The SMILES string of the molecule is CCOC(=O)c1ccccc1NS(=O)(=O)c1c(C)n(C)c(=O)n(C)c1=O. The summed E-state index contributed by atoms with van der Waals surface area (Å²) < 4.78 is 34.5. The van der Waals surface area contributed by atoms with E-state index in [1.54, 1.807) is 13.0 Å². The first kappa shape index (κ1) is 19.4. The van der Waals surface area contributed by atoms with E-state index in [4.69, 9.17) is 4.74 Å². The normalized spacial score (nSPS) is 11.2. The van der Waals surface area contributed by atoms with Gasteiger partial charge in [-0.2, -0.15) is 0 Å². The molecule has 0 spiro atoms. The molecule has 2 rings (SSSR count). The number of benzene rings is 1. The van der Waals surface area contributed by atoms with E-state index in [0.29, 0.717) is 4.57 Å². The molecule has 1 aromatic heterocycles. The van der Waals surface area contributed by atoms with Gasteiger partial charge in [0, 0.05) is 19.8 Å². The summed E-state index contributed by atoms with van der Waals surface area (Å²) in [6.07, 6.45) is 0. The molecule has 0 saturated carbocycles. The first-order chi connectivity index (χ1) is 12.1. The van der Waals surface area contributed by atoms with Crippen molar-refractivity contribution < 1.29 is 17.9 Å². The third-order valence-electron chi connectivity index (χ3n) is 3.84. The average Bonchev–Trinajstić information content (AvgIpc) is 2.58. The lowest BCUT2D eigenvalue weighted by molar-refractivity contribution is 0.0527. The van der Waals surface area contributed by atoms with E-state index in [1.807, 2.05) is 0 Å². The van der Waals surface area contributed by atoms with Crippen LogP contribution in [0.2, 0.25) is 0 Å². The highest BCUT2D eigenvalue weighted by Crippen LogP contribution is 2.20. The van der Waals surface area contributed by atoms with Gasteiger partial charge in [-0.05, 0) is 26.0 Å². The van der Waals surface area contributed by atoms with E-state index in [-0.39, 0.29) is 23.6 Å². The lowest BCUT2D eigenvalue weighted by Crippen LogP contribution is -2.42. The second kappa shape index (κ2) is 7.16. The molecule has 0 aliphatic heterocycles. The van der Waals surface area contributed by atoms with E-state index < -0.39 is 32.1 Å². The minimum Gasteiger partial charge on any atom is -0.462 e. The number of esters is 1. The Bertz CT molecular complexity index is 1080. The van der Waals surface area contributed by atoms with Gasteiger partial charge in [0.15, 0.2) is 4.90 Å². The van der Waals surface area contributed by atoms with Crippen LogP contribution in [0.25, 0.3) is 0 Å². The molecule has 0 radical (unpaired) electrons. The van der Waals surface area contributed by atoms with Crippen molar-refractivity contribution in [2.45, 2.75) is 18.7 Å². The van der Waals surface area contributed by atoms with Gasteiger partial charge in [-0.25, -0.2) is 18.0 Å². The van der Waals surface area contributed by atoms with Gasteiger partial charge in [0.25, 0.3) is 15.6 Å². The number of rotatable bonds is 5. The van der Waals surface area contributed by atoms with Crippen molar-refractivity contribution in [2.75, 3.05) is 11.3 Å². The molecular formula is C16H19N3O6S. The summed E-state index contributed by atoms with van der Waals surface area (Å²) in [5.41, 5.74) is -1.62. The van der Waals surface area contributed by atoms with Crippen LogP contribution in [0.5, 0.6) is 0 Å². The van der Waals surface area contributed by atoms with Gasteiger partial charge >= 0.3 is 11.7 Å². The van der Waals surface area contributed by atoms with Gasteiger partial charge in [0.2, 0.25) is 0 Å². The largest absolute Gasteiger partial charge is 0.462 e. The van der Waals surface area contributed by atoms with Crippen LogP contribution in [0, 0.1) is 6.92 Å². The molecule has 1 aromatic carbocycles. The Morgan fingerprint density at radius 1 is 1.15 bits per heavy atom. The lowest BCUT2D eigenvalue weighted by Gasteiger charge is -2.15. The maximum Gasteiger partial charge on any atom is 0.340 e. The first-order valence-electron chi connectivity index (χ1n) is 7.67. The Morgan fingerprint density at radius 3 is 2.38 bits per heavy atom. The van der Waals surface area contributed by atoms with Crippen molar-refractivity contribution in [3.8, 4) is 0 Å². The van der Waals surface area contributed by atoms with Crippen molar-refractivity contribution in [2.24, 2.45) is 14.1 Å². The topological polar surface area (TPSA) is 116 Å². The molecule has 0 aliphatic rings. The van der Waals surface area contributed by atoms with E-state index in [2.05, 4.69) is 4.72 Å². The summed E-state index contributed by atoms with van der Waals surface area (Å²) in [6, 6.07) is 5.87. The molecule has 1 N–H and O–H groups in total. The molecule has 10 heteroatoms. The van der Waals surface area contributed by atoms with Crippen molar-refractivity contribution in [3.05, 3.63) is 56.4 Å². The van der Waals surface area contributed by atoms with Crippen LogP contribution in [-0.2, 0) is 28.9 Å². The smallest absolute Gasteiger partial charge is 0.340 e. The van der Waals surface area contributed by atoms with Crippen LogP contribution in [0.1, 0.15) is 23.0 Å². The minimum atomic E-state index is -4.36. The van der Waals surface area contributed by atoms with Gasteiger partial charge in [0.05, 0.1) is 17.9 Å². The summed E-state index contributed by atoms with van der Waals surface area (Å²) in [6.45, 7) is 3.11. The highest BCUT2D eigenvalue weighted by atomic mass is 32.2. The fraction of sp³-hybridized carbons (Fsp3) is 0.312. The summed E-state index contributed by atoms with van der Waals surface area (Å²) in [5.74, 6) is -0.698. The van der Waals surface area contributed by atoms with Crippen molar-refractivity contribution in [1.29, 1.82) is 0 Å². The minimum absolute atomic E-state index is 0.0113. The van der Waals surface area contributed by atoms with Gasteiger partial charge < -0.3 is 4.74 Å². The number of nitrogens with zero attached hydrogens (tertiary/aromatic N) is 2. The van der Waals surface area contributed by atoms with E-state index >= 15 is 0 Å². The van der Waals surface area contributed by atoms with Gasteiger partial charge in [-0.15, -0.1) is 0 Å². The Kier molecular flexibility index (Phi) is 5.36. The Hall–Kier alpha value is -2.88. The molecule has 0 fully saturated rings. The van der Waals surface area contributed by atoms with Crippen LogP contribution < -0.4 is 16.0 Å². The maximum absolute atomic E-state index is 12.8. The van der Waals surface area contributed by atoms with Crippen LogP contribution >= 0.6 is 0 Å². The number of anilines is 1. The highest BCUT2D eigenvalue weighted by Gasteiger charge is 2.27. The molecule has 9 nitrogen and oxygen atoms in total. The molecule has 2 aromatic rings. The monoisotopic (exact) mass is 381 g/mol. The molecule has 0 unspecified atom stereocenters. The highest BCUT2D eigenvalue weighted by molar-refractivity contribution is 7.92. The third kappa shape index (κ3) is 3.40. The molecule has 0 aliphatic carbocycles. The number of nitrogens with one attached hydrogen (secondary N) is 1. The molecule has 0 bridgehead atoms. The zero-order valence-corrected chi connectivity index (χ0v) is 15.6.